The molecule has 3 atom stereocenters. The van der Waals surface area contributed by atoms with Crippen LogP contribution >= 0.6 is 0 Å². The monoisotopic (exact) mass is 371 g/mol. The SMILES string of the molecule is CC(C)(C)CO[C@@H](C=O)[C@](C)(N[S@+]([O-])C(C)(C)C)c1ccccc1F. The number of ether oxygens (including phenoxy) is 1. The third kappa shape index (κ3) is 6.06. The van der Waals surface area contributed by atoms with Crippen LogP contribution in [0.3, 0.4) is 0 Å². The van der Waals surface area contributed by atoms with E-state index >= 15 is 0 Å². The standard InChI is InChI=1S/C19H30FNO3S/c1-17(2,3)13-24-16(12-22)19(7,21-25(23)18(4,5)6)14-10-8-9-11-15(14)20/h8-12,16,21H,13H2,1-7H3/t16-,19+,25+/m0/s1. The predicted molar refractivity (Wildman–Crippen MR) is 100 cm³/mol. The molecule has 0 saturated heterocycles. The Hall–Kier alpha value is -0.950. The van der Waals surface area contributed by atoms with Crippen LogP contribution in [0.25, 0.3) is 0 Å². The molecule has 0 amide bonds. The molecule has 25 heavy (non-hydrogen) atoms. The van der Waals surface area contributed by atoms with Gasteiger partial charge in [0.05, 0.1) is 6.61 Å². The van der Waals surface area contributed by atoms with Crippen LogP contribution in [0.5, 0.6) is 0 Å². The van der Waals surface area contributed by atoms with E-state index in [-0.39, 0.29) is 11.0 Å². The minimum absolute atomic E-state index is 0.166. The van der Waals surface area contributed by atoms with Gasteiger partial charge in [-0.2, -0.15) is 0 Å². The largest absolute Gasteiger partial charge is 0.598 e. The van der Waals surface area contributed by atoms with Crippen LogP contribution in [0, 0.1) is 11.2 Å². The van der Waals surface area contributed by atoms with Crippen LogP contribution in [-0.2, 0) is 26.4 Å². The summed E-state index contributed by atoms with van der Waals surface area (Å²) in [4.78, 5) is 11.8. The maximum Gasteiger partial charge on any atom is 0.151 e. The van der Waals surface area contributed by atoms with E-state index in [1.54, 1.807) is 25.1 Å². The van der Waals surface area contributed by atoms with Crippen molar-refractivity contribution in [3.05, 3.63) is 35.6 Å². The molecular formula is C19H30FNO3S. The molecule has 0 fully saturated rings. The van der Waals surface area contributed by atoms with Crippen LogP contribution in [0.15, 0.2) is 24.3 Å². The van der Waals surface area contributed by atoms with E-state index in [4.69, 9.17) is 4.74 Å². The van der Waals surface area contributed by atoms with E-state index in [1.807, 2.05) is 41.5 Å². The van der Waals surface area contributed by atoms with Crippen LogP contribution < -0.4 is 4.72 Å². The van der Waals surface area contributed by atoms with Crippen LogP contribution in [0.2, 0.25) is 0 Å². The smallest absolute Gasteiger partial charge is 0.151 e. The van der Waals surface area contributed by atoms with E-state index in [0.717, 1.165) is 0 Å². The van der Waals surface area contributed by atoms with Gasteiger partial charge >= 0.3 is 0 Å². The topological polar surface area (TPSA) is 61.4 Å². The Morgan fingerprint density at radius 2 is 1.76 bits per heavy atom. The summed E-state index contributed by atoms with van der Waals surface area (Å²) < 4.78 is 35.4. The predicted octanol–water partition coefficient (Wildman–Crippen LogP) is 3.72. The third-order valence-corrected chi connectivity index (χ3v) is 5.40. The maximum atomic E-state index is 14.5. The molecule has 0 aliphatic carbocycles. The van der Waals surface area contributed by atoms with Gasteiger partial charge in [0.2, 0.25) is 0 Å². The Kier molecular flexibility index (Phi) is 7.21. The summed E-state index contributed by atoms with van der Waals surface area (Å²) in [5.41, 5.74) is -1.18. The summed E-state index contributed by atoms with van der Waals surface area (Å²) in [6, 6.07) is 6.16. The van der Waals surface area contributed by atoms with Crippen molar-refractivity contribution in [2.45, 2.75) is 64.9 Å². The second-order valence-corrected chi connectivity index (χ2v) is 10.6. The van der Waals surface area contributed by atoms with Gasteiger partial charge in [0.1, 0.15) is 22.2 Å². The lowest BCUT2D eigenvalue weighted by molar-refractivity contribution is -0.125. The molecule has 0 unspecified atom stereocenters. The van der Waals surface area contributed by atoms with Gasteiger partial charge in [-0.1, -0.05) is 39.0 Å². The highest BCUT2D eigenvalue weighted by Crippen LogP contribution is 2.32. The van der Waals surface area contributed by atoms with Crippen LogP contribution in [0.4, 0.5) is 4.39 Å². The first kappa shape index (κ1) is 22.1. The maximum absolute atomic E-state index is 14.5. The van der Waals surface area contributed by atoms with Gasteiger partial charge in [0.25, 0.3) is 0 Å². The highest BCUT2D eigenvalue weighted by atomic mass is 32.2. The van der Waals surface area contributed by atoms with Crippen molar-refractivity contribution in [1.29, 1.82) is 0 Å². The molecular weight excluding hydrogens is 341 g/mol. The molecule has 0 aromatic heterocycles. The summed E-state index contributed by atoms with van der Waals surface area (Å²) in [5, 5.41) is 0. The second kappa shape index (κ2) is 8.16. The zero-order chi connectivity index (χ0) is 19.5. The number of hydrogen-bond donors (Lipinski definition) is 1. The fourth-order valence-corrected chi connectivity index (χ4v) is 3.09. The lowest BCUT2D eigenvalue weighted by Gasteiger charge is -2.39. The summed E-state index contributed by atoms with van der Waals surface area (Å²) >= 11 is -1.52. The molecule has 0 bridgehead atoms. The average Bonchev–Trinajstić information content (AvgIpc) is 2.45. The van der Waals surface area contributed by atoms with E-state index in [0.29, 0.717) is 12.9 Å². The molecule has 0 radical (unpaired) electrons. The van der Waals surface area contributed by atoms with E-state index in [9.17, 15) is 13.7 Å². The second-order valence-electron chi connectivity index (χ2n) is 8.59. The Morgan fingerprint density at radius 1 is 1.20 bits per heavy atom. The number of halogens is 1. The van der Waals surface area contributed by atoms with Crippen molar-refractivity contribution in [3.8, 4) is 0 Å². The number of aldehydes is 1. The van der Waals surface area contributed by atoms with Gasteiger partial charge < -0.3 is 14.1 Å². The Morgan fingerprint density at radius 3 is 2.20 bits per heavy atom. The number of rotatable bonds is 7. The van der Waals surface area contributed by atoms with Crippen molar-refractivity contribution in [3.63, 3.8) is 0 Å². The van der Waals surface area contributed by atoms with Crippen molar-refractivity contribution in [2.24, 2.45) is 5.41 Å². The Bertz CT molecular complexity index is 583. The fraction of sp³-hybridized carbons (Fsp3) is 0.632. The normalized spacial score (nSPS) is 17.6. The Balaban J connectivity index is 3.30. The van der Waals surface area contributed by atoms with Gasteiger partial charge in [-0.05, 0) is 39.2 Å². The van der Waals surface area contributed by atoms with Gasteiger partial charge in [0, 0.05) is 16.9 Å². The van der Waals surface area contributed by atoms with Gasteiger partial charge in [0.15, 0.2) is 6.29 Å². The molecule has 1 aromatic carbocycles. The van der Waals surface area contributed by atoms with Gasteiger partial charge in [-0.25, -0.2) is 4.39 Å². The first-order valence-corrected chi connectivity index (χ1v) is 9.48. The zero-order valence-corrected chi connectivity index (χ0v) is 17.0. The van der Waals surface area contributed by atoms with Crippen LogP contribution in [0.1, 0.15) is 54.0 Å². The highest BCUT2D eigenvalue weighted by Gasteiger charge is 2.45. The number of hydrogen-bond acceptors (Lipinski definition) is 4. The molecule has 0 aliphatic rings. The van der Waals surface area contributed by atoms with Crippen LogP contribution in [-0.4, -0.2) is 28.3 Å². The molecule has 1 N–H and O–H groups in total. The van der Waals surface area contributed by atoms with Crippen molar-refractivity contribution in [2.75, 3.05) is 6.61 Å². The minimum Gasteiger partial charge on any atom is -0.598 e. The third-order valence-electron chi connectivity index (χ3n) is 3.68. The van der Waals surface area contributed by atoms with E-state index < -0.39 is 33.6 Å². The fourth-order valence-electron chi connectivity index (χ4n) is 2.18. The van der Waals surface area contributed by atoms with Crippen molar-refractivity contribution < 1.29 is 18.5 Å². The average molecular weight is 372 g/mol. The summed E-state index contributed by atoms with van der Waals surface area (Å²) in [6.07, 6.45) is -0.347. The lowest BCUT2D eigenvalue weighted by atomic mass is 9.87. The molecule has 4 nitrogen and oxygen atoms in total. The molecule has 0 spiro atoms. The van der Waals surface area contributed by atoms with Gasteiger partial charge in [-0.3, -0.25) is 0 Å². The van der Waals surface area contributed by atoms with E-state index in [2.05, 4.69) is 4.72 Å². The number of benzene rings is 1. The molecule has 142 valence electrons. The number of carbonyl (C=O) groups excluding carboxylic acids is 1. The number of carbonyl (C=O) groups is 1. The molecule has 1 rings (SSSR count). The molecule has 0 saturated carbocycles. The lowest BCUT2D eigenvalue weighted by Crippen LogP contribution is -2.57. The Labute approximate surface area is 153 Å². The quantitative estimate of drug-likeness (QED) is 0.586. The van der Waals surface area contributed by atoms with Gasteiger partial charge in [-0.15, -0.1) is 4.72 Å². The zero-order valence-electron chi connectivity index (χ0n) is 16.2. The molecule has 0 heterocycles. The van der Waals surface area contributed by atoms with Crippen molar-refractivity contribution >= 4 is 17.6 Å². The summed E-state index contributed by atoms with van der Waals surface area (Å²) in [5.74, 6) is -0.477. The molecule has 1 aromatic rings. The summed E-state index contributed by atoms with van der Waals surface area (Å²) in [6.45, 7) is 13.3. The first-order valence-electron chi connectivity index (χ1n) is 8.33. The molecule has 6 heteroatoms. The minimum atomic E-state index is -1.52. The van der Waals surface area contributed by atoms with Crippen molar-refractivity contribution in [1.82, 2.24) is 4.72 Å². The highest BCUT2D eigenvalue weighted by molar-refractivity contribution is 7.90. The summed E-state index contributed by atoms with van der Waals surface area (Å²) in [7, 11) is 0. The van der Waals surface area contributed by atoms with E-state index in [1.165, 1.54) is 6.07 Å². The molecule has 0 aliphatic heterocycles. The first-order chi connectivity index (χ1) is 11.3. The number of nitrogens with one attached hydrogen (secondary N) is 1.